The van der Waals surface area contributed by atoms with Crippen molar-refractivity contribution >= 4 is 0 Å². The van der Waals surface area contributed by atoms with Crippen LogP contribution >= 0.6 is 0 Å². The van der Waals surface area contributed by atoms with Gasteiger partial charge in [0, 0.05) is 0 Å². The molecule has 0 aromatic carbocycles. The number of hydrogen-bond donors (Lipinski definition) is 2. The van der Waals surface area contributed by atoms with E-state index in [1.165, 1.54) is 38.5 Å². The summed E-state index contributed by atoms with van der Waals surface area (Å²) in [5.74, 6) is 5.95. The predicted molar refractivity (Wildman–Crippen MR) is 134 cm³/mol. The molecule has 4 rings (SSSR count). The van der Waals surface area contributed by atoms with Crippen molar-refractivity contribution in [1.82, 2.24) is 0 Å². The highest BCUT2D eigenvalue weighted by atomic mass is 16.3. The molecule has 32 heavy (non-hydrogen) atoms. The molecule has 0 heterocycles. The number of fused-ring (bicyclic) bond motifs is 5. The predicted octanol–water partition coefficient (Wildman–Crippen LogP) is 7.47. The first-order valence-electron chi connectivity index (χ1n) is 14.3. The summed E-state index contributed by atoms with van der Waals surface area (Å²) in [4.78, 5) is 0. The van der Waals surface area contributed by atoms with Crippen LogP contribution in [0.25, 0.3) is 0 Å². The van der Waals surface area contributed by atoms with Crippen LogP contribution in [0.3, 0.4) is 0 Å². The highest BCUT2D eigenvalue weighted by Crippen LogP contribution is 2.69. The third-order valence-electron chi connectivity index (χ3n) is 12.0. The topological polar surface area (TPSA) is 40.5 Å². The van der Waals surface area contributed by atoms with Gasteiger partial charge in [-0.15, -0.1) is 0 Å². The maximum Gasteiger partial charge on any atom is 0.0648 e. The van der Waals surface area contributed by atoms with E-state index in [2.05, 4.69) is 48.5 Å². The molecule has 0 bridgehead atoms. The Morgan fingerprint density at radius 3 is 2.31 bits per heavy atom. The zero-order chi connectivity index (χ0) is 23.5. The molecule has 0 radical (unpaired) electrons. The van der Waals surface area contributed by atoms with Crippen LogP contribution in [-0.4, -0.2) is 21.9 Å². The molecule has 2 nitrogen and oxygen atoms in total. The Hall–Kier alpha value is -0.0800. The average Bonchev–Trinajstić information content (AvgIpc) is 3.05. The van der Waals surface area contributed by atoms with Crippen LogP contribution in [0.4, 0.5) is 0 Å². The molecule has 0 aromatic heterocycles. The molecule has 2 heteroatoms. The van der Waals surface area contributed by atoms with Gasteiger partial charge in [0.05, 0.1) is 11.7 Å². The van der Waals surface area contributed by atoms with Crippen molar-refractivity contribution in [2.24, 2.45) is 58.2 Å². The van der Waals surface area contributed by atoms with Crippen LogP contribution in [-0.2, 0) is 0 Å². The van der Waals surface area contributed by atoms with Crippen LogP contribution in [0, 0.1) is 58.2 Å². The molecule has 4 aliphatic carbocycles. The van der Waals surface area contributed by atoms with E-state index in [0.717, 1.165) is 61.7 Å². The average molecular weight is 447 g/mol. The van der Waals surface area contributed by atoms with E-state index in [4.69, 9.17) is 0 Å². The van der Waals surface area contributed by atoms with Crippen molar-refractivity contribution < 1.29 is 10.2 Å². The van der Waals surface area contributed by atoms with Crippen molar-refractivity contribution in [2.45, 2.75) is 131 Å². The monoisotopic (exact) mass is 446 g/mol. The Bertz CT molecular complexity index is 659. The van der Waals surface area contributed by atoms with Gasteiger partial charge >= 0.3 is 0 Å². The first-order chi connectivity index (χ1) is 14.9. The van der Waals surface area contributed by atoms with Gasteiger partial charge in [-0.3, -0.25) is 0 Å². The molecule has 4 aliphatic rings. The van der Waals surface area contributed by atoms with Gasteiger partial charge in [0.2, 0.25) is 0 Å². The summed E-state index contributed by atoms with van der Waals surface area (Å²) in [7, 11) is 0. The lowest BCUT2D eigenvalue weighted by atomic mass is 9.41. The molecule has 0 aromatic rings. The Kier molecular flexibility index (Phi) is 6.92. The fourth-order valence-electron chi connectivity index (χ4n) is 9.72. The van der Waals surface area contributed by atoms with Crippen molar-refractivity contribution in [1.29, 1.82) is 0 Å². The van der Waals surface area contributed by atoms with Gasteiger partial charge in [0.25, 0.3) is 0 Å². The largest absolute Gasteiger partial charge is 0.393 e. The lowest BCUT2D eigenvalue weighted by Gasteiger charge is -2.64. The Morgan fingerprint density at radius 1 is 0.938 bits per heavy atom. The number of aliphatic hydroxyl groups excluding tert-OH is 1. The highest BCUT2D eigenvalue weighted by molar-refractivity contribution is 5.12. The smallest absolute Gasteiger partial charge is 0.0648 e. The Balaban J connectivity index is 1.64. The molecular formula is C30H54O2. The maximum absolute atomic E-state index is 11.3. The molecule has 0 saturated heterocycles. The van der Waals surface area contributed by atoms with Crippen LogP contribution in [0.15, 0.2) is 0 Å². The standard InChI is InChI=1S/C30H54O2/c1-8-30(32)14-13-29(7)22(18-30)16-23(21(5)9-10-26(31)19(2)3)27-24(29)11-12-28(6)17-20(4)15-25(27)28/h19-27,31-32H,8-18H2,1-7H3/t20-,21-,22+,23?,24+,25+,26+,27+,28+,29+,30+/m1/s1. The number of hydrogen-bond acceptors (Lipinski definition) is 2. The van der Waals surface area contributed by atoms with Gasteiger partial charge in [-0.2, -0.15) is 0 Å². The van der Waals surface area contributed by atoms with E-state index in [-0.39, 0.29) is 6.10 Å². The molecule has 0 amide bonds. The van der Waals surface area contributed by atoms with E-state index in [1.54, 1.807) is 0 Å². The van der Waals surface area contributed by atoms with E-state index in [1.807, 2.05) is 0 Å². The molecule has 186 valence electrons. The zero-order valence-electron chi connectivity index (χ0n) is 22.4. The Labute approximate surface area is 199 Å². The van der Waals surface area contributed by atoms with Crippen molar-refractivity contribution in [3.63, 3.8) is 0 Å². The summed E-state index contributed by atoms with van der Waals surface area (Å²) < 4.78 is 0. The van der Waals surface area contributed by atoms with Gasteiger partial charge in [-0.25, -0.2) is 0 Å². The summed E-state index contributed by atoms with van der Waals surface area (Å²) in [6.45, 7) is 16.8. The number of rotatable bonds is 6. The molecule has 0 spiro atoms. The first-order valence-corrected chi connectivity index (χ1v) is 14.3. The normalized spacial score (nSPS) is 50.4. The Morgan fingerprint density at radius 2 is 1.66 bits per heavy atom. The fraction of sp³-hybridized carbons (Fsp3) is 1.00. The maximum atomic E-state index is 11.3. The van der Waals surface area contributed by atoms with Crippen LogP contribution in [0.5, 0.6) is 0 Å². The minimum absolute atomic E-state index is 0.162. The number of aliphatic hydroxyl groups is 2. The lowest BCUT2D eigenvalue weighted by molar-refractivity contribution is -0.175. The van der Waals surface area contributed by atoms with E-state index in [9.17, 15) is 10.2 Å². The van der Waals surface area contributed by atoms with Gasteiger partial charge in [0.1, 0.15) is 0 Å². The molecule has 1 unspecified atom stereocenters. The van der Waals surface area contributed by atoms with Crippen LogP contribution < -0.4 is 0 Å². The van der Waals surface area contributed by atoms with Gasteiger partial charge in [0.15, 0.2) is 0 Å². The molecule has 4 saturated carbocycles. The second-order valence-electron chi connectivity index (χ2n) is 14.3. The molecule has 11 atom stereocenters. The second-order valence-corrected chi connectivity index (χ2v) is 14.3. The molecule has 0 aliphatic heterocycles. The third-order valence-corrected chi connectivity index (χ3v) is 12.0. The molecular weight excluding hydrogens is 392 g/mol. The highest BCUT2D eigenvalue weighted by Gasteiger charge is 2.62. The minimum atomic E-state index is -0.427. The van der Waals surface area contributed by atoms with Gasteiger partial charge in [-0.05, 0) is 129 Å². The summed E-state index contributed by atoms with van der Waals surface area (Å²) in [5.41, 5.74) is 0.550. The fourth-order valence-corrected chi connectivity index (χ4v) is 9.72. The summed E-state index contributed by atoms with van der Waals surface area (Å²) in [6, 6.07) is 0. The molecule has 4 fully saturated rings. The first kappa shape index (κ1) is 25.0. The minimum Gasteiger partial charge on any atom is -0.393 e. The van der Waals surface area contributed by atoms with E-state index >= 15 is 0 Å². The third kappa shape index (κ3) is 4.23. The van der Waals surface area contributed by atoms with Gasteiger partial charge in [-0.1, -0.05) is 48.5 Å². The molecule has 2 N–H and O–H groups in total. The summed E-state index contributed by atoms with van der Waals surface area (Å²) >= 11 is 0. The van der Waals surface area contributed by atoms with Crippen LogP contribution in [0.2, 0.25) is 0 Å². The van der Waals surface area contributed by atoms with Crippen molar-refractivity contribution in [2.75, 3.05) is 0 Å². The van der Waals surface area contributed by atoms with Crippen molar-refractivity contribution in [3.05, 3.63) is 0 Å². The van der Waals surface area contributed by atoms with Crippen molar-refractivity contribution in [3.8, 4) is 0 Å². The SMILES string of the molecule is CC[C@]1(O)CC[C@@]2(C)[C@@H](CC([C@H](C)CC[C@H](O)C(C)C)[C@@H]3[C@@H]4C[C@@H](C)C[C@]4(C)CC[C@@H]32)C1. The van der Waals surface area contributed by atoms with E-state index in [0.29, 0.717) is 28.6 Å². The quantitative estimate of drug-likeness (QED) is 0.444. The summed E-state index contributed by atoms with van der Waals surface area (Å²) in [6.07, 6.45) is 13.2. The van der Waals surface area contributed by atoms with Gasteiger partial charge < -0.3 is 10.2 Å². The summed E-state index contributed by atoms with van der Waals surface area (Å²) in [5, 5.41) is 21.8. The van der Waals surface area contributed by atoms with Crippen LogP contribution in [0.1, 0.15) is 119 Å². The second kappa shape index (κ2) is 8.85. The lowest BCUT2D eigenvalue weighted by Crippen LogP contribution is -2.58. The zero-order valence-corrected chi connectivity index (χ0v) is 22.4. The van der Waals surface area contributed by atoms with E-state index < -0.39 is 5.60 Å².